The highest BCUT2D eigenvalue weighted by Gasteiger charge is 2.31. The molecule has 4 heteroatoms. The second kappa shape index (κ2) is 5.08. The highest BCUT2D eigenvalue weighted by Crippen LogP contribution is 2.28. The molecule has 2 aliphatic rings. The van der Waals surface area contributed by atoms with Crippen LogP contribution in [-0.4, -0.2) is 42.0 Å². The van der Waals surface area contributed by atoms with Gasteiger partial charge in [0.05, 0.1) is 0 Å². The SMILES string of the molecule is Nc1ccc(Cl)cc1CN1CCN(C2CC2)CC1. The van der Waals surface area contributed by atoms with Gasteiger partial charge < -0.3 is 5.73 Å². The van der Waals surface area contributed by atoms with Gasteiger partial charge in [-0.2, -0.15) is 0 Å². The summed E-state index contributed by atoms with van der Waals surface area (Å²) in [6, 6.07) is 6.64. The lowest BCUT2D eigenvalue weighted by Crippen LogP contribution is -2.46. The van der Waals surface area contributed by atoms with Crippen molar-refractivity contribution in [1.29, 1.82) is 0 Å². The quantitative estimate of drug-likeness (QED) is 0.851. The van der Waals surface area contributed by atoms with Crippen molar-refractivity contribution in [3.8, 4) is 0 Å². The molecule has 1 saturated carbocycles. The molecule has 0 amide bonds. The normalized spacial score (nSPS) is 22.3. The van der Waals surface area contributed by atoms with Gasteiger partial charge in [-0.1, -0.05) is 11.6 Å². The molecule has 1 heterocycles. The molecule has 1 aliphatic carbocycles. The smallest absolute Gasteiger partial charge is 0.0410 e. The minimum absolute atomic E-state index is 0.774. The number of hydrogen-bond acceptors (Lipinski definition) is 3. The van der Waals surface area contributed by atoms with Crippen LogP contribution in [0, 0.1) is 0 Å². The molecule has 0 radical (unpaired) electrons. The maximum absolute atomic E-state index is 6.03. The Bertz CT molecular complexity index is 423. The first-order chi connectivity index (χ1) is 8.72. The Morgan fingerprint density at radius 3 is 2.56 bits per heavy atom. The second-order valence-electron chi connectivity index (χ2n) is 5.39. The molecule has 98 valence electrons. The van der Waals surface area contributed by atoms with Crippen LogP contribution in [0.25, 0.3) is 0 Å². The highest BCUT2D eigenvalue weighted by atomic mass is 35.5. The maximum Gasteiger partial charge on any atom is 0.0410 e. The molecular weight excluding hydrogens is 246 g/mol. The Balaban J connectivity index is 1.58. The van der Waals surface area contributed by atoms with E-state index in [9.17, 15) is 0 Å². The molecular formula is C14H20ClN3. The summed E-state index contributed by atoms with van der Waals surface area (Å²) in [7, 11) is 0. The Morgan fingerprint density at radius 1 is 1.17 bits per heavy atom. The van der Waals surface area contributed by atoms with E-state index in [0.29, 0.717) is 0 Å². The lowest BCUT2D eigenvalue weighted by molar-refractivity contribution is 0.121. The van der Waals surface area contributed by atoms with Gasteiger partial charge in [-0.3, -0.25) is 9.80 Å². The molecule has 0 bridgehead atoms. The van der Waals surface area contributed by atoms with Gasteiger partial charge in [0.25, 0.3) is 0 Å². The summed E-state index contributed by atoms with van der Waals surface area (Å²) in [6.07, 6.45) is 2.81. The van der Waals surface area contributed by atoms with Crippen LogP contribution < -0.4 is 5.73 Å². The molecule has 3 rings (SSSR count). The van der Waals surface area contributed by atoms with Gasteiger partial charge in [0.2, 0.25) is 0 Å². The number of nitrogens with zero attached hydrogens (tertiary/aromatic N) is 2. The zero-order chi connectivity index (χ0) is 12.5. The zero-order valence-electron chi connectivity index (χ0n) is 10.6. The van der Waals surface area contributed by atoms with Gasteiger partial charge in [-0.15, -0.1) is 0 Å². The molecule has 1 aromatic rings. The lowest BCUT2D eigenvalue weighted by Gasteiger charge is -2.35. The Kier molecular flexibility index (Phi) is 3.46. The monoisotopic (exact) mass is 265 g/mol. The third-order valence-corrected chi connectivity index (χ3v) is 4.20. The number of piperazine rings is 1. The number of nitrogen functional groups attached to an aromatic ring is 1. The lowest BCUT2D eigenvalue weighted by atomic mass is 10.1. The summed E-state index contributed by atoms with van der Waals surface area (Å²) in [5.41, 5.74) is 8.00. The fourth-order valence-corrected chi connectivity index (χ4v) is 2.87. The van der Waals surface area contributed by atoms with Crippen LogP contribution in [0.2, 0.25) is 5.02 Å². The van der Waals surface area contributed by atoms with Crippen molar-refractivity contribution >= 4 is 17.3 Å². The molecule has 1 saturated heterocycles. The van der Waals surface area contributed by atoms with Crippen LogP contribution in [-0.2, 0) is 6.54 Å². The molecule has 2 N–H and O–H groups in total. The number of anilines is 1. The van der Waals surface area contributed by atoms with Crippen molar-refractivity contribution < 1.29 is 0 Å². The van der Waals surface area contributed by atoms with Gasteiger partial charge in [0.15, 0.2) is 0 Å². The van der Waals surface area contributed by atoms with E-state index < -0.39 is 0 Å². The van der Waals surface area contributed by atoms with E-state index in [4.69, 9.17) is 17.3 Å². The Hall–Kier alpha value is -0.770. The summed E-state index contributed by atoms with van der Waals surface area (Å²) in [5.74, 6) is 0. The molecule has 1 aliphatic heterocycles. The number of nitrogens with two attached hydrogens (primary N) is 1. The van der Waals surface area contributed by atoms with E-state index in [-0.39, 0.29) is 0 Å². The summed E-state index contributed by atoms with van der Waals surface area (Å²) >= 11 is 6.03. The fourth-order valence-electron chi connectivity index (χ4n) is 2.68. The summed E-state index contributed by atoms with van der Waals surface area (Å²) < 4.78 is 0. The van der Waals surface area contributed by atoms with Crippen LogP contribution in [0.4, 0.5) is 5.69 Å². The average Bonchev–Trinajstić information content (AvgIpc) is 3.19. The standard InChI is InChI=1S/C14H20ClN3/c15-12-1-4-14(16)11(9-12)10-17-5-7-18(8-6-17)13-2-3-13/h1,4,9,13H,2-3,5-8,10,16H2. The topological polar surface area (TPSA) is 32.5 Å². The van der Waals surface area contributed by atoms with Crippen molar-refractivity contribution in [1.82, 2.24) is 9.80 Å². The molecule has 0 spiro atoms. The van der Waals surface area contributed by atoms with Crippen LogP contribution in [0.15, 0.2) is 18.2 Å². The molecule has 0 unspecified atom stereocenters. The van der Waals surface area contributed by atoms with Crippen molar-refractivity contribution in [2.45, 2.75) is 25.4 Å². The van der Waals surface area contributed by atoms with Crippen LogP contribution in [0.5, 0.6) is 0 Å². The van der Waals surface area contributed by atoms with E-state index in [0.717, 1.165) is 41.9 Å². The minimum atomic E-state index is 0.774. The van der Waals surface area contributed by atoms with E-state index in [1.807, 2.05) is 18.2 Å². The summed E-state index contributed by atoms with van der Waals surface area (Å²) in [6.45, 7) is 5.60. The third-order valence-electron chi connectivity index (χ3n) is 3.97. The van der Waals surface area contributed by atoms with Crippen molar-refractivity contribution in [2.24, 2.45) is 0 Å². The maximum atomic E-state index is 6.03. The molecule has 2 fully saturated rings. The molecule has 3 nitrogen and oxygen atoms in total. The van der Waals surface area contributed by atoms with Crippen LogP contribution in [0.1, 0.15) is 18.4 Å². The van der Waals surface area contributed by atoms with E-state index >= 15 is 0 Å². The second-order valence-corrected chi connectivity index (χ2v) is 5.82. The predicted molar refractivity (Wildman–Crippen MR) is 75.7 cm³/mol. The Morgan fingerprint density at radius 2 is 1.89 bits per heavy atom. The molecule has 0 aromatic heterocycles. The number of hydrogen-bond donors (Lipinski definition) is 1. The number of rotatable bonds is 3. The fraction of sp³-hybridized carbons (Fsp3) is 0.571. The van der Waals surface area contributed by atoms with Gasteiger partial charge in [0, 0.05) is 49.5 Å². The van der Waals surface area contributed by atoms with Gasteiger partial charge in [-0.25, -0.2) is 0 Å². The van der Waals surface area contributed by atoms with Crippen molar-refractivity contribution in [2.75, 3.05) is 31.9 Å². The first-order valence-electron chi connectivity index (χ1n) is 6.73. The van der Waals surface area contributed by atoms with E-state index in [2.05, 4.69) is 9.80 Å². The molecule has 0 atom stereocenters. The summed E-state index contributed by atoms with van der Waals surface area (Å²) in [5, 5.41) is 0.774. The first-order valence-corrected chi connectivity index (χ1v) is 7.10. The molecule has 1 aromatic carbocycles. The predicted octanol–water partition coefficient (Wildman–Crippen LogP) is 2.20. The molecule has 18 heavy (non-hydrogen) atoms. The summed E-state index contributed by atoms with van der Waals surface area (Å²) in [4.78, 5) is 5.10. The van der Waals surface area contributed by atoms with Crippen LogP contribution >= 0.6 is 11.6 Å². The van der Waals surface area contributed by atoms with Gasteiger partial charge in [0.1, 0.15) is 0 Å². The highest BCUT2D eigenvalue weighted by molar-refractivity contribution is 6.30. The Labute approximate surface area is 114 Å². The van der Waals surface area contributed by atoms with Gasteiger partial charge >= 0.3 is 0 Å². The first kappa shape index (κ1) is 12.3. The third kappa shape index (κ3) is 2.79. The van der Waals surface area contributed by atoms with Gasteiger partial charge in [-0.05, 0) is 36.6 Å². The van der Waals surface area contributed by atoms with E-state index in [1.165, 1.54) is 25.9 Å². The number of benzene rings is 1. The van der Waals surface area contributed by atoms with E-state index in [1.54, 1.807) is 0 Å². The number of halogens is 1. The van der Waals surface area contributed by atoms with Crippen molar-refractivity contribution in [3.05, 3.63) is 28.8 Å². The minimum Gasteiger partial charge on any atom is -0.398 e. The van der Waals surface area contributed by atoms with Crippen LogP contribution in [0.3, 0.4) is 0 Å². The zero-order valence-corrected chi connectivity index (χ0v) is 11.4. The largest absolute Gasteiger partial charge is 0.398 e. The average molecular weight is 266 g/mol. The van der Waals surface area contributed by atoms with Crippen molar-refractivity contribution in [3.63, 3.8) is 0 Å².